The molecule has 10 heavy (non-hydrogen) atoms. The van der Waals surface area contributed by atoms with E-state index in [1.807, 2.05) is 6.92 Å². The Balaban J connectivity index is 2.61. The monoisotopic (exact) mass is 133 g/mol. The van der Waals surface area contributed by atoms with Gasteiger partial charge in [0.2, 0.25) is 0 Å². The van der Waals surface area contributed by atoms with Gasteiger partial charge in [-0.3, -0.25) is 15.0 Å². The predicted octanol–water partition coefficient (Wildman–Crippen LogP) is 0.799. The predicted molar refractivity (Wildman–Crippen MR) is 37.9 cm³/mol. The summed E-state index contributed by atoms with van der Waals surface area (Å²) in [6.45, 7) is 2.66. The Kier molecular flexibility index (Phi) is 1.03. The highest BCUT2D eigenvalue weighted by atomic mass is 14.9. The van der Waals surface area contributed by atoms with E-state index in [0.717, 1.165) is 17.1 Å². The molecule has 0 N–H and O–H groups in total. The van der Waals surface area contributed by atoms with Gasteiger partial charge in [0.1, 0.15) is 5.69 Å². The Morgan fingerprint density at radius 1 is 1.30 bits per heavy atom. The lowest BCUT2D eigenvalue weighted by Gasteiger charge is -1.92. The molecule has 1 aromatic rings. The number of fused-ring (bicyclic) bond motifs is 1. The van der Waals surface area contributed by atoms with Gasteiger partial charge >= 0.3 is 0 Å². The van der Waals surface area contributed by atoms with Gasteiger partial charge in [0.15, 0.2) is 0 Å². The zero-order valence-corrected chi connectivity index (χ0v) is 5.70. The summed E-state index contributed by atoms with van der Waals surface area (Å²) in [5.74, 6) is 0. The van der Waals surface area contributed by atoms with Crippen molar-refractivity contribution in [3.63, 3.8) is 0 Å². The Morgan fingerprint density at radius 2 is 2.10 bits per heavy atom. The van der Waals surface area contributed by atoms with Crippen molar-refractivity contribution in [1.82, 2.24) is 9.97 Å². The lowest BCUT2D eigenvalue weighted by Crippen LogP contribution is -1.97. The third-order valence-electron chi connectivity index (χ3n) is 1.58. The Bertz CT molecular complexity index is 291. The van der Waals surface area contributed by atoms with Gasteiger partial charge in [-0.1, -0.05) is 0 Å². The maximum Gasteiger partial charge on any atom is 0.107 e. The summed E-state index contributed by atoms with van der Waals surface area (Å²) in [6, 6.07) is 0. The van der Waals surface area contributed by atoms with E-state index in [2.05, 4.69) is 15.0 Å². The van der Waals surface area contributed by atoms with Crippen molar-refractivity contribution in [2.45, 2.75) is 13.5 Å². The minimum absolute atomic E-state index is 0.703. The zero-order chi connectivity index (χ0) is 6.97. The Hall–Kier alpha value is -1.25. The first-order valence-corrected chi connectivity index (χ1v) is 3.19. The maximum absolute atomic E-state index is 4.20. The number of rotatable bonds is 0. The SMILES string of the molecule is CC1=NCc2nccnc21. The first-order valence-electron chi connectivity index (χ1n) is 3.19. The zero-order valence-electron chi connectivity index (χ0n) is 5.70. The number of nitrogens with zero attached hydrogens (tertiary/aromatic N) is 3. The molecule has 50 valence electrons. The molecule has 0 atom stereocenters. The molecule has 0 amide bonds. The molecule has 0 fully saturated rings. The van der Waals surface area contributed by atoms with E-state index in [4.69, 9.17) is 0 Å². The minimum atomic E-state index is 0.703. The van der Waals surface area contributed by atoms with Crippen molar-refractivity contribution in [3.05, 3.63) is 23.8 Å². The van der Waals surface area contributed by atoms with Gasteiger partial charge in [-0.05, 0) is 6.92 Å². The van der Waals surface area contributed by atoms with E-state index in [9.17, 15) is 0 Å². The molecule has 0 unspecified atom stereocenters. The highest BCUT2D eigenvalue weighted by molar-refractivity contribution is 5.99. The lowest BCUT2D eigenvalue weighted by atomic mass is 10.3. The standard InChI is InChI=1S/C7H7N3/c1-5-7-6(4-10-5)8-2-3-9-7/h2-3H,4H2,1H3. The largest absolute Gasteiger partial charge is 0.281 e. The second-order valence-electron chi connectivity index (χ2n) is 2.25. The fraction of sp³-hybridized carbons (Fsp3) is 0.286. The molecule has 0 saturated carbocycles. The fourth-order valence-corrected chi connectivity index (χ4v) is 1.05. The third kappa shape index (κ3) is 0.635. The van der Waals surface area contributed by atoms with Crippen molar-refractivity contribution < 1.29 is 0 Å². The molecule has 1 aromatic heterocycles. The van der Waals surface area contributed by atoms with Crippen LogP contribution in [0.2, 0.25) is 0 Å². The van der Waals surface area contributed by atoms with Gasteiger partial charge < -0.3 is 0 Å². The van der Waals surface area contributed by atoms with Gasteiger partial charge in [-0.15, -0.1) is 0 Å². The molecular formula is C7H7N3. The van der Waals surface area contributed by atoms with Crippen LogP contribution in [0, 0.1) is 0 Å². The lowest BCUT2D eigenvalue weighted by molar-refractivity contribution is 0.998. The molecular weight excluding hydrogens is 126 g/mol. The summed E-state index contributed by atoms with van der Waals surface area (Å²) in [7, 11) is 0. The van der Waals surface area contributed by atoms with Crippen LogP contribution in [-0.2, 0) is 6.54 Å². The van der Waals surface area contributed by atoms with E-state index >= 15 is 0 Å². The molecule has 0 aliphatic carbocycles. The van der Waals surface area contributed by atoms with E-state index < -0.39 is 0 Å². The van der Waals surface area contributed by atoms with Gasteiger partial charge in [0.25, 0.3) is 0 Å². The van der Waals surface area contributed by atoms with Crippen LogP contribution in [0.4, 0.5) is 0 Å². The van der Waals surface area contributed by atoms with Crippen LogP contribution >= 0.6 is 0 Å². The van der Waals surface area contributed by atoms with Crippen LogP contribution in [-0.4, -0.2) is 15.7 Å². The van der Waals surface area contributed by atoms with Crippen LogP contribution in [0.1, 0.15) is 18.3 Å². The van der Waals surface area contributed by atoms with E-state index in [-0.39, 0.29) is 0 Å². The topological polar surface area (TPSA) is 38.1 Å². The average Bonchev–Trinajstić information content (AvgIpc) is 2.34. The van der Waals surface area contributed by atoms with Gasteiger partial charge in [-0.2, -0.15) is 0 Å². The summed E-state index contributed by atoms with van der Waals surface area (Å²) < 4.78 is 0. The number of hydrogen-bond acceptors (Lipinski definition) is 3. The molecule has 0 spiro atoms. The van der Waals surface area contributed by atoms with Crippen molar-refractivity contribution in [3.8, 4) is 0 Å². The quantitative estimate of drug-likeness (QED) is 0.525. The average molecular weight is 133 g/mol. The smallest absolute Gasteiger partial charge is 0.107 e. The van der Waals surface area contributed by atoms with Gasteiger partial charge in [0, 0.05) is 12.4 Å². The number of hydrogen-bond donors (Lipinski definition) is 0. The molecule has 3 nitrogen and oxygen atoms in total. The first kappa shape index (κ1) is 5.53. The van der Waals surface area contributed by atoms with Crippen LogP contribution in [0.5, 0.6) is 0 Å². The normalized spacial score (nSPS) is 14.7. The molecule has 2 heterocycles. The molecule has 0 aromatic carbocycles. The van der Waals surface area contributed by atoms with Crippen LogP contribution in [0.15, 0.2) is 17.4 Å². The molecule has 3 heteroatoms. The second-order valence-corrected chi connectivity index (χ2v) is 2.25. The Labute approximate surface area is 58.9 Å². The summed E-state index contributed by atoms with van der Waals surface area (Å²) in [4.78, 5) is 12.5. The summed E-state index contributed by atoms with van der Waals surface area (Å²) in [6.07, 6.45) is 3.40. The third-order valence-corrected chi connectivity index (χ3v) is 1.58. The van der Waals surface area contributed by atoms with E-state index in [0.29, 0.717) is 6.54 Å². The summed E-state index contributed by atoms with van der Waals surface area (Å²) in [5, 5.41) is 0. The second kappa shape index (κ2) is 1.87. The summed E-state index contributed by atoms with van der Waals surface area (Å²) in [5.41, 5.74) is 2.96. The van der Waals surface area contributed by atoms with E-state index in [1.54, 1.807) is 12.4 Å². The molecule has 0 bridgehead atoms. The van der Waals surface area contributed by atoms with E-state index in [1.165, 1.54) is 0 Å². The molecule has 0 radical (unpaired) electrons. The van der Waals surface area contributed by atoms with Crippen LogP contribution in [0.25, 0.3) is 0 Å². The van der Waals surface area contributed by atoms with Gasteiger partial charge in [0.05, 0.1) is 18.0 Å². The first-order chi connectivity index (χ1) is 4.88. The number of aromatic nitrogens is 2. The minimum Gasteiger partial charge on any atom is -0.281 e. The van der Waals surface area contributed by atoms with Gasteiger partial charge in [-0.25, -0.2) is 0 Å². The van der Waals surface area contributed by atoms with Crippen molar-refractivity contribution in [2.75, 3.05) is 0 Å². The van der Waals surface area contributed by atoms with Crippen molar-refractivity contribution >= 4 is 5.71 Å². The molecule has 2 rings (SSSR count). The molecule has 0 saturated heterocycles. The van der Waals surface area contributed by atoms with Crippen LogP contribution < -0.4 is 0 Å². The molecule has 1 aliphatic rings. The van der Waals surface area contributed by atoms with Crippen LogP contribution in [0.3, 0.4) is 0 Å². The molecule has 1 aliphatic heterocycles. The van der Waals surface area contributed by atoms with Crippen molar-refractivity contribution in [2.24, 2.45) is 4.99 Å². The highest BCUT2D eigenvalue weighted by Gasteiger charge is 2.12. The number of aliphatic imine (C=N–C) groups is 1. The van der Waals surface area contributed by atoms with Crippen molar-refractivity contribution in [1.29, 1.82) is 0 Å². The fourth-order valence-electron chi connectivity index (χ4n) is 1.05. The maximum atomic E-state index is 4.20. The highest BCUT2D eigenvalue weighted by Crippen LogP contribution is 2.11. The summed E-state index contributed by atoms with van der Waals surface area (Å²) >= 11 is 0. The Morgan fingerprint density at radius 3 is 2.90 bits per heavy atom.